The number of non-ortho nitro benzene ring substituents is 1. The molecule has 21 heavy (non-hydrogen) atoms. The Morgan fingerprint density at radius 3 is 2.71 bits per heavy atom. The van der Waals surface area contributed by atoms with Gasteiger partial charge in [-0.3, -0.25) is 14.9 Å². The maximum Gasteiger partial charge on any atom is 0.270 e. The van der Waals surface area contributed by atoms with Gasteiger partial charge in [0, 0.05) is 19.2 Å². The lowest BCUT2D eigenvalue weighted by molar-refractivity contribution is -0.384. The Kier molecular flexibility index (Phi) is 4.80. The third-order valence-corrected chi connectivity index (χ3v) is 4.23. The van der Waals surface area contributed by atoms with Crippen molar-refractivity contribution in [3.63, 3.8) is 0 Å². The number of nitrogens with zero attached hydrogens (tertiary/aromatic N) is 2. The molecular weight excluding hydrogens is 296 g/mol. The molecule has 0 spiro atoms. The van der Waals surface area contributed by atoms with E-state index in [-0.39, 0.29) is 22.3 Å². The van der Waals surface area contributed by atoms with Gasteiger partial charge in [-0.2, -0.15) is 0 Å². The van der Waals surface area contributed by atoms with Gasteiger partial charge in [0.1, 0.15) is 0 Å². The second-order valence-corrected chi connectivity index (χ2v) is 5.66. The Morgan fingerprint density at radius 1 is 1.43 bits per heavy atom. The molecular formula is C14H17ClN2O4. The molecule has 0 aromatic heterocycles. The van der Waals surface area contributed by atoms with Crippen molar-refractivity contribution in [2.24, 2.45) is 0 Å². The van der Waals surface area contributed by atoms with E-state index in [2.05, 4.69) is 0 Å². The summed E-state index contributed by atoms with van der Waals surface area (Å²) >= 11 is 5.98. The number of aliphatic hydroxyl groups excluding tert-OH is 1. The molecule has 1 N–H and O–H groups in total. The van der Waals surface area contributed by atoms with E-state index >= 15 is 0 Å². The van der Waals surface area contributed by atoms with Crippen molar-refractivity contribution >= 4 is 23.2 Å². The van der Waals surface area contributed by atoms with Crippen LogP contribution in [0.15, 0.2) is 18.2 Å². The van der Waals surface area contributed by atoms with Crippen molar-refractivity contribution in [1.82, 2.24) is 4.90 Å². The van der Waals surface area contributed by atoms with Crippen molar-refractivity contribution in [3.05, 3.63) is 38.9 Å². The van der Waals surface area contributed by atoms with Crippen LogP contribution in [-0.4, -0.2) is 40.0 Å². The average Bonchev–Trinajstić information content (AvgIpc) is 2.46. The van der Waals surface area contributed by atoms with E-state index in [1.165, 1.54) is 23.1 Å². The summed E-state index contributed by atoms with van der Waals surface area (Å²) in [5.41, 5.74) is -0.0912. The van der Waals surface area contributed by atoms with Gasteiger partial charge in [0.15, 0.2) is 0 Å². The molecule has 0 radical (unpaired) electrons. The lowest BCUT2D eigenvalue weighted by Gasteiger charge is -2.35. The molecule has 0 aliphatic heterocycles. The molecule has 1 fully saturated rings. The Bertz CT molecular complexity index is 564. The number of rotatable bonds is 3. The minimum atomic E-state index is -0.567. The molecule has 0 bridgehead atoms. The van der Waals surface area contributed by atoms with Gasteiger partial charge in [0.2, 0.25) is 0 Å². The highest BCUT2D eigenvalue weighted by Gasteiger charge is 2.31. The first-order valence-corrected chi connectivity index (χ1v) is 7.18. The summed E-state index contributed by atoms with van der Waals surface area (Å²) in [5.74, 6) is -0.408. The summed E-state index contributed by atoms with van der Waals surface area (Å²) < 4.78 is 0. The minimum absolute atomic E-state index is 0.0890. The molecule has 1 aliphatic rings. The molecule has 2 rings (SSSR count). The molecule has 0 heterocycles. The van der Waals surface area contributed by atoms with Crippen LogP contribution in [0.3, 0.4) is 0 Å². The van der Waals surface area contributed by atoms with Crippen LogP contribution in [-0.2, 0) is 0 Å². The lowest BCUT2D eigenvalue weighted by atomic mass is 9.91. The van der Waals surface area contributed by atoms with Crippen LogP contribution < -0.4 is 0 Å². The molecule has 0 saturated heterocycles. The monoisotopic (exact) mass is 312 g/mol. The van der Waals surface area contributed by atoms with Crippen molar-refractivity contribution in [1.29, 1.82) is 0 Å². The number of hydrogen-bond acceptors (Lipinski definition) is 4. The van der Waals surface area contributed by atoms with Gasteiger partial charge in [0.25, 0.3) is 11.6 Å². The Morgan fingerprint density at radius 2 is 2.10 bits per heavy atom. The molecule has 6 nitrogen and oxygen atoms in total. The first-order valence-electron chi connectivity index (χ1n) is 6.81. The van der Waals surface area contributed by atoms with Crippen molar-refractivity contribution < 1.29 is 14.8 Å². The van der Waals surface area contributed by atoms with Crippen LogP contribution in [0.2, 0.25) is 5.02 Å². The van der Waals surface area contributed by atoms with E-state index in [1.54, 1.807) is 7.05 Å². The number of halogens is 1. The van der Waals surface area contributed by atoms with E-state index in [9.17, 15) is 20.0 Å². The van der Waals surface area contributed by atoms with Gasteiger partial charge >= 0.3 is 0 Å². The SMILES string of the molecule is CN(C(=O)c1cc([N+](=O)[O-])ccc1Cl)C1CCCCC1O. The van der Waals surface area contributed by atoms with E-state index < -0.39 is 16.9 Å². The van der Waals surface area contributed by atoms with Gasteiger partial charge in [-0.25, -0.2) is 0 Å². The number of aliphatic hydroxyl groups is 1. The van der Waals surface area contributed by atoms with Crippen LogP contribution in [0.25, 0.3) is 0 Å². The second kappa shape index (κ2) is 6.41. The predicted molar refractivity (Wildman–Crippen MR) is 78.5 cm³/mol. The van der Waals surface area contributed by atoms with Gasteiger partial charge in [-0.15, -0.1) is 0 Å². The van der Waals surface area contributed by atoms with Crippen LogP contribution in [0.5, 0.6) is 0 Å². The van der Waals surface area contributed by atoms with Crippen LogP contribution in [0, 0.1) is 10.1 Å². The number of benzene rings is 1. The normalized spacial score (nSPS) is 21.9. The highest BCUT2D eigenvalue weighted by molar-refractivity contribution is 6.33. The maximum absolute atomic E-state index is 12.5. The maximum atomic E-state index is 12.5. The quantitative estimate of drug-likeness (QED) is 0.687. The zero-order valence-corrected chi connectivity index (χ0v) is 12.4. The standard InChI is InChI=1S/C14H17ClN2O4/c1-16(12-4-2-3-5-13(12)18)14(19)10-8-9(17(20)21)6-7-11(10)15/h6-8,12-13,18H,2-5H2,1H3. The molecule has 1 aromatic carbocycles. The number of likely N-dealkylation sites (N-methyl/N-ethyl adjacent to an activating group) is 1. The third kappa shape index (κ3) is 3.33. The molecule has 1 aliphatic carbocycles. The second-order valence-electron chi connectivity index (χ2n) is 5.26. The Labute approximate surface area is 127 Å². The van der Waals surface area contributed by atoms with E-state index in [4.69, 9.17) is 11.6 Å². The number of hydrogen-bond donors (Lipinski definition) is 1. The first kappa shape index (κ1) is 15.7. The molecule has 1 amide bonds. The van der Waals surface area contributed by atoms with E-state index in [1.807, 2.05) is 0 Å². The van der Waals surface area contributed by atoms with E-state index in [0.29, 0.717) is 6.42 Å². The number of nitro groups is 1. The number of nitro benzene ring substituents is 1. The van der Waals surface area contributed by atoms with Crippen LogP contribution in [0.1, 0.15) is 36.0 Å². The average molecular weight is 313 g/mol. The molecule has 1 saturated carbocycles. The fourth-order valence-corrected chi connectivity index (χ4v) is 2.87. The summed E-state index contributed by atoms with van der Waals surface area (Å²) in [6.45, 7) is 0. The van der Waals surface area contributed by atoms with E-state index in [0.717, 1.165) is 19.3 Å². The summed E-state index contributed by atoms with van der Waals surface area (Å²) in [5, 5.41) is 21.0. The lowest BCUT2D eigenvalue weighted by Crippen LogP contribution is -2.46. The minimum Gasteiger partial charge on any atom is -0.391 e. The van der Waals surface area contributed by atoms with Gasteiger partial charge in [-0.05, 0) is 18.9 Å². The molecule has 2 unspecified atom stereocenters. The van der Waals surface area contributed by atoms with Crippen LogP contribution in [0.4, 0.5) is 5.69 Å². The highest BCUT2D eigenvalue weighted by Crippen LogP contribution is 2.27. The molecule has 7 heteroatoms. The topological polar surface area (TPSA) is 83.7 Å². The number of carbonyl (C=O) groups is 1. The zero-order chi connectivity index (χ0) is 15.6. The van der Waals surface area contributed by atoms with Crippen molar-refractivity contribution in [2.75, 3.05) is 7.05 Å². The zero-order valence-electron chi connectivity index (χ0n) is 11.7. The van der Waals surface area contributed by atoms with Gasteiger partial charge in [-0.1, -0.05) is 24.4 Å². The molecule has 114 valence electrons. The van der Waals surface area contributed by atoms with Crippen LogP contribution >= 0.6 is 11.6 Å². The van der Waals surface area contributed by atoms with Gasteiger partial charge in [0.05, 0.1) is 27.7 Å². The third-order valence-electron chi connectivity index (χ3n) is 3.90. The summed E-state index contributed by atoms with van der Waals surface area (Å²) in [7, 11) is 1.59. The highest BCUT2D eigenvalue weighted by atomic mass is 35.5. The van der Waals surface area contributed by atoms with Crippen molar-refractivity contribution in [3.8, 4) is 0 Å². The summed E-state index contributed by atoms with van der Waals surface area (Å²) in [6.07, 6.45) is 2.70. The smallest absolute Gasteiger partial charge is 0.270 e. The van der Waals surface area contributed by atoms with Gasteiger partial charge < -0.3 is 10.0 Å². The molecule has 1 aromatic rings. The largest absolute Gasteiger partial charge is 0.391 e. The van der Waals surface area contributed by atoms with Crippen molar-refractivity contribution in [2.45, 2.75) is 37.8 Å². The predicted octanol–water partition coefficient (Wildman–Crippen LogP) is 2.62. The number of carbonyl (C=O) groups excluding carboxylic acids is 1. The summed E-state index contributed by atoms with van der Waals surface area (Å²) in [6, 6.07) is 3.50. The summed E-state index contributed by atoms with van der Waals surface area (Å²) in [4.78, 5) is 24.2. The Hall–Kier alpha value is -1.66. The fourth-order valence-electron chi connectivity index (χ4n) is 2.67. The molecule has 2 atom stereocenters. The fraction of sp³-hybridized carbons (Fsp3) is 0.500. The first-order chi connectivity index (χ1) is 9.91. The Balaban J connectivity index is 2.26. The number of amides is 1.